The van der Waals surface area contributed by atoms with Crippen molar-refractivity contribution >= 4 is 79.6 Å². The van der Waals surface area contributed by atoms with Crippen LogP contribution in [0.3, 0.4) is 0 Å². The maximum atomic E-state index is 7.33. The van der Waals surface area contributed by atoms with Gasteiger partial charge in [0.05, 0.1) is 16.9 Å². The molecule has 0 spiro atoms. The van der Waals surface area contributed by atoms with Gasteiger partial charge in [0.2, 0.25) is 7.28 Å². The second kappa shape index (κ2) is 15.3. The zero-order chi connectivity index (χ0) is 48.9. The Hall–Kier alpha value is -6.46. The summed E-state index contributed by atoms with van der Waals surface area (Å²) in [5.74, 6) is 0. The van der Waals surface area contributed by atoms with Crippen molar-refractivity contribution in [2.45, 2.75) is 136 Å². The van der Waals surface area contributed by atoms with E-state index < -0.39 is 0 Å². The summed E-state index contributed by atoms with van der Waals surface area (Å²) >= 11 is 0. The van der Waals surface area contributed by atoms with E-state index >= 15 is 0 Å². The molecule has 7 aromatic carbocycles. The van der Waals surface area contributed by atoms with Crippen molar-refractivity contribution in [3.8, 4) is 16.8 Å². The van der Waals surface area contributed by atoms with E-state index in [0.717, 1.165) is 58.1 Å². The van der Waals surface area contributed by atoms with Crippen LogP contribution >= 0.6 is 0 Å². The molecule has 4 nitrogen and oxygen atoms in total. The van der Waals surface area contributed by atoms with Crippen molar-refractivity contribution in [1.82, 2.24) is 4.57 Å². The smallest absolute Gasteiger partial charge is 0.244 e. The van der Waals surface area contributed by atoms with Crippen molar-refractivity contribution in [2.75, 3.05) is 10.2 Å². The number of rotatable bonds is 6. The van der Waals surface area contributed by atoms with Crippen molar-refractivity contribution in [2.24, 2.45) is 0 Å². The minimum absolute atomic E-state index is 0.0545. The molecule has 1 aliphatic heterocycles. The topological polar surface area (TPSA) is 33.3 Å². The average molecular weight is 918 g/mol. The molecule has 0 atom stereocenters. The Bertz CT molecular complexity index is 3540. The van der Waals surface area contributed by atoms with Gasteiger partial charge in [0.25, 0.3) is 0 Å². The molecule has 0 radical (unpaired) electrons. The van der Waals surface area contributed by atoms with E-state index in [9.17, 15) is 0 Å². The summed E-state index contributed by atoms with van der Waals surface area (Å²) in [6.45, 7) is 28.8. The van der Waals surface area contributed by atoms with Crippen LogP contribution in [0.25, 0.3) is 49.6 Å². The van der Waals surface area contributed by atoms with Gasteiger partial charge in [-0.3, -0.25) is 0 Å². The highest BCUT2D eigenvalue weighted by molar-refractivity contribution is 6.73. The molecule has 1 N–H and O–H groups in total. The molecular weight excluding hydrogens is 850 g/mol. The molecule has 0 unspecified atom stereocenters. The minimum Gasteiger partial charge on any atom is -0.469 e. The molecular formula is C65H68BN3O. The highest BCUT2D eigenvalue weighted by Gasteiger charge is 2.41. The van der Waals surface area contributed by atoms with Crippen LogP contribution in [-0.2, 0) is 27.1 Å². The van der Waals surface area contributed by atoms with E-state index in [1.165, 1.54) is 90.1 Å². The predicted molar refractivity (Wildman–Crippen MR) is 301 cm³/mol. The Kier molecular flexibility index (Phi) is 9.76. The maximum Gasteiger partial charge on any atom is 0.244 e. The summed E-state index contributed by atoms with van der Waals surface area (Å²) in [7, 11) is 0.686. The van der Waals surface area contributed by atoms with E-state index in [1.807, 2.05) is 0 Å². The first kappa shape index (κ1) is 44.7. The SMILES string of the molecule is Cc1cc(-c2cc(N(c3ccccc3)c3ccccc3)ccc2Nc2ccc(C(C)(C)C)cc2)c2c3c1c1cc4c(cc1n3-c1c(oc3cc5c(cc13)C(C)(C)CCC5(C)C)B2)C(C)(C)CCC4(C)C. The Morgan fingerprint density at radius 1 is 0.571 bits per heavy atom. The molecule has 0 saturated heterocycles. The van der Waals surface area contributed by atoms with Gasteiger partial charge >= 0.3 is 0 Å². The van der Waals surface area contributed by atoms with Crippen LogP contribution in [0.5, 0.6) is 0 Å². The molecule has 3 heterocycles. The number of nitrogens with one attached hydrogen (secondary N) is 1. The standard InChI is InChI=1S/C65H68BN3O/c1-39-33-46(45-34-44(68(42-19-15-13-16-20-42)43-21-17-14-18-22-43)27-28-53(45)67-41-25-23-40(24-26-41)61(2,3)4)57-59-56(39)47-35-49-51(64(9,10)31-29-62(49,5)6)37-54(47)69(59)58-48-36-50-52(38-55(48)70-60(58)66-57)65(11,12)32-30-63(50,7)8/h13-28,33-38,66-67H,29-32H2,1-12H3. The minimum atomic E-state index is 0.0545. The van der Waals surface area contributed by atoms with Gasteiger partial charge in [-0.2, -0.15) is 0 Å². The molecule has 0 fully saturated rings. The van der Waals surface area contributed by atoms with Gasteiger partial charge in [0, 0.05) is 55.7 Å². The van der Waals surface area contributed by atoms with E-state index in [1.54, 1.807) is 0 Å². The summed E-state index contributed by atoms with van der Waals surface area (Å²) < 4.78 is 9.99. The molecule has 2 aromatic heterocycles. The fourth-order valence-electron chi connectivity index (χ4n) is 12.7. The van der Waals surface area contributed by atoms with E-state index in [-0.39, 0.29) is 27.1 Å². The third-order valence-corrected chi connectivity index (χ3v) is 17.2. The highest BCUT2D eigenvalue weighted by Crippen LogP contribution is 2.52. The van der Waals surface area contributed by atoms with Crippen LogP contribution in [0.1, 0.15) is 135 Å². The van der Waals surface area contributed by atoms with Crippen LogP contribution in [0, 0.1) is 6.92 Å². The molecule has 352 valence electrons. The van der Waals surface area contributed by atoms with Gasteiger partial charge in [-0.1, -0.05) is 131 Å². The molecule has 0 bridgehead atoms. The Morgan fingerprint density at radius 3 is 1.69 bits per heavy atom. The lowest BCUT2D eigenvalue weighted by Gasteiger charge is -2.42. The maximum absolute atomic E-state index is 7.33. The molecule has 0 amide bonds. The van der Waals surface area contributed by atoms with Crippen molar-refractivity contribution in [3.63, 3.8) is 0 Å². The Labute approximate surface area is 416 Å². The zero-order valence-corrected chi connectivity index (χ0v) is 43.5. The van der Waals surface area contributed by atoms with Crippen LogP contribution in [-0.4, -0.2) is 11.8 Å². The summed E-state index contributed by atoms with van der Waals surface area (Å²) in [6.07, 6.45) is 4.67. The van der Waals surface area contributed by atoms with Crippen molar-refractivity contribution < 1.29 is 4.42 Å². The van der Waals surface area contributed by atoms with Gasteiger partial charge < -0.3 is 19.2 Å². The number of aryl methyl sites for hydroxylation is 1. The molecule has 12 rings (SSSR count). The number of fused-ring (bicyclic) bond motifs is 9. The number of benzene rings is 7. The highest BCUT2D eigenvalue weighted by atomic mass is 16.3. The normalized spacial score (nSPS) is 17.2. The number of nitrogens with zero attached hydrogens (tertiary/aromatic N) is 2. The average Bonchev–Trinajstić information content (AvgIpc) is 3.86. The lowest BCUT2D eigenvalue weighted by Crippen LogP contribution is -2.36. The molecule has 0 saturated carbocycles. The molecule has 3 aliphatic rings. The number of anilines is 5. The third kappa shape index (κ3) is 6.92. The van der Waals surface area contributed by atoms with Crippen LogP contribution < -0.4 is 21.3 Å². The first-order valence-corrected chi connectivity index (χ1v) is 25.9. The van der Waals surface area contributed by atoms with Gasteiger partial charge in [0.15, 0.2) is 0 Å². The summed E-state index contributed by atoms with van der Waals surface area (Å²) in [4.78, 5) is 2.38. The zero-order valence-electron chi connectivity index (χ0n) is 43.5. The number of para-hydroxylation sites is 2. The molecule has 9 aromatic rings. The molecule has 2 aliphatic carbocycles. The fourth-order valence-corrected chi connectivity index (χ4v) is 12.7. The van der Waals surface area contributed by atoms with Gasteiger partial charge in [-0.15, -0.1) is 0 Å². The second-order valence-corrected chi connectivity index (χ2v) is 24.9. The summed E-state index contributed by atoms with van der Waals surface area (Å²) in [5, 5.41) is 7.90. The quantitative estimate of drug-likeness (QED) is 0.169. The van der Waals surface area contributed by atoms with Crippen molar-refractivity contribution in [3.05, 3.63) is 167 Å². The summed E-state index contributed by atoms with van der Waals surface area (Å²) in [6, 6.07) is 50.2. The second-order valence-electron chi connectivity index (χ2n) is 24.9. The Balaban J connectivity index is 1.17. The third-order valence-electron chi connectivity index (χ3n) is 17.2. The van der Waals surface area contributed by atoms with E-state index in [0.29, 0.717) is 7.28 Å². The fraction of sp³-hybridized carbons (Fsp3) is 0.323. The molecule has 5 heteroatoms. The summed E-state index contributed by atoms with van der Waals surface area (Å²) in [5.41, 5.74) is 23.8. The number of aromatic nitrogens is 1. The van der Waals surface area contributed by atoms with Crippen LogP contribution in [0.2, 0.25) is 0 Å². The first-order valence-electron chi connectivity index (χ1n) is 25.9. The van der Waals surface area contributed by atoms with Crippen molar-refractivity contribution in [1.29, 1.82) is 0 Å². The lowest BCUT2D eigenvalue weighted by molar-refractivity contribution is 0.332. The van der Waals surface area contributed by atoms with Gasteiger partial charge in [-0.25, -0.2) is 0 Å². The largest absolute Gasteiger partial charge is 0.469 e. The lowest BCUT2D eigenvalue weighted by atomic mass is 9.61. The van der Waals surface area contributed by atoms with E-state index in [4.69, 9.17) is 4.42 Å². The monoisotopic (exact) mass is 918 g/mol. The van der Waals surface area contributed by atoms with Gasteiger partial charge in [-0.05, 0) is 183 Å². The van der Waals surface area contributed by atoms with E-state index in [2.05, 4.69) is 231 Å². The predicted octanol–water partition coefficient (Wildman–Crippen LogP) is 16.4. The first-order chi connectivity index (χ1) is 33.2. The number of furan rings is 1. The number of hydrogen-bond acceptors (Lipinski definition) is 3. The van der Waals surface area contributed by atoms with Gasteiger partial charge in [0.1, 0.15) is 5.58 Å². The Morgan fingerprint density at radius 2 is 1.11 bits per heavy atom. The van der Waals surface area contributed by atoms with Crippen LogP contribution in [0.15, 0.2) is 138 Å². The number of hydrogen-bond donors (Lipinski definition) is 1. The molecule has 70 heavy (non-hydrogen) atoms. The van der Waals surface area contributed by atoms with Crippen LogP contribution in [0.4, 0.5) is 28.4 Å².